The van der Waals surface area contributed by atoms with Gasteiger partial charge in [-0.3, -0.25) is 4.99 Å². The molecule has 0 aliphatic carbocycles. The average Bonchev–Trinajstić information content (AvgIpc) is 2.98. The van der Waals surface area contributed by atoms with Crippen LogP contribution in [0.4, 0.5) is 5.69 Å². The highest BCUT2D eigenvalue weighted by molar-refractivity contribution is 5.90. The van der Waals surface area contributed by atoms with Crippen LogP contribution in [0.1, 0.15) is 37.8 Å². The van der Waals surface area contributed by atoms with Gasteiger partial charge >= 0.3 is 0 Å². The highest BCUT2D eigenvalue weighted by atomic mass is 15.2. The molecule has 1 heterocycles. The van der Waals surface area contributed by atoms with E-state index in [0.29, 0.717) is 12.1 Å². The Balaban J connectivity index is 2.21. The summed E-state index contributed by atoms with van der Waals surface area (Å²) in [5, 5.41) is 3.29. The summed E-state index contributed by atoms with van der Waals surface area (Å²) < 4.78 is 0. The Labute approximate surface area is 135 Å². The molecular weight excluding hydrogens is 270 g/mol. The molecule has 1 aromatic rings. The van der Waals surface area contributed by atoms with Crippen LogP contribution < -0.4 is 5.32 Å². The molecule has 22 heavy (non-hydrogen) atoms. The summed E-state index contributed by atoms with van der Waals surface area (Å²) in [5.74, 6) is 0. The zero-order valence-corrected chi connectivity index (χ0v) is 14.6. The van der Waals surface area contributed by atoms with Crippen LogP contribution in [-0.2, 0) is 0 Å². The summed E-state index contributed by atoms with van der Waals surface area (Å²) in [7, 11) is 1.98. The van der Waals surface area contributed by atoms with Gasteiger partial charge in [0.1, 0.15) is 0 Å². The second-order valence-electron chi connectivity index (χ2n) is 6.40. The van der Waals surface area contributed by atoms with Gasteiger partial charge in [-0.2, -0.15) is 0 Å². The maximum absolute atomic E-state index is 4.91. The maximum Gasteiger partial charge on any atom is 0.0670 e. The van der Waals surface area contributed by atoms with Crippen molar-refractivity contribution >= 4 is 11.4 Å². The van der Waals surface area contributed by atoms with E-state index >= 15 is 0 Å². The molecule has 1 aromatic carbocycles. The fourth-order valence-corrected chi connectivity index (χ4v) is 3.16. The number of nitrogens with zero attached hydrogens (tertiary/aromatic N) is 2. The van der Waals surface area contributed by atoms with Crippen molar-refractivity contribution in [1.29, 1.82) is 0 Å². The normalized spacial score (nSPS) is 20.3. The van der Waals surface area contributed by atoms with Crippen LogP contribution in [0.5, 0.6) is 0 Å². The minimum Gasteiger partial charge on any atom is -0.366 e. The van der Waals surface area contributed by atoms with Gasteiger partial charge in [-0.1, -0.05) is 24.3 Å². The van der Waals surface area contributed by atoms with E-state index in [1.807, 2.05) is 7.05 Å². The van der Waals surface area contributed by atoms with Crippen LogP contribution >= 0.6 is 0 Å². The predicted octanol–water partition coefficient (Wildman–Crippen LogP) is 3.98. The molecule has 2 atom stereocenters. The van der Waals surface area contributed by atoms with Gasteiger partial charge in [0, 0.05) is 24.0 Å². The zero-order valence-electron chi connectivity index (χ0n) is 14.6. The van der Waals surface area contributed by atoms with Crippen molar-refractivity contribution in [3.63, 3.8) is 0 Å². The van der Waals surface area contributed by atoms with Gasteiger partial charge in [0.15, 0.2) is 0 Å². The number of aliphatic imine (C=N–C) groups is 1. The van der Waals surface area contributed by atoms with Crippen LogP contribution in [0.15, 0.2) is 35.5 Å². The van der Waals surface area contributed by atoms with Crippen molar-refractivity contribution in [1.82, 2.24) is 10.2 Å². The van der Waals surface area contributed by atoms with Crippen LogP contribution in [-0.4, -0.2) is 36.3 Å². The summed E-state index contributed by atoms with van der Waals surface area (Å²) in [6, 6.07) is 7.13. The summed E-state index contributed by atoms with van der Waals surface area (Å²) in [5.41, 5.74) is 5.97. The van der Waals surface area contributed by atoms with E-state index in [9.17, 15) is 0 Å². The topological polar surface area (TPSA) is 27.6 Å². The Hall–Kier alpha value is -1.61. The largest absolute Gasteiger partial charge is 0.366 e. The number of likely N-dealkylation sites (tertiary alicyclic amines) is 1. The SMILES string of the molecule is C=C(C(C)NC)N1CCC[C@H]1C(C)=Nc1ccc(C)cc1C. The van der Waals surface area contributed by atoms with Crippen LogP contribution in [0.2, 0.25) is 0 Å². The molecule has 1 unspecified atom stereocenters. The van der Waals surface area contributed by atoms with Crippen molar-refractivity contribution in [3.05, 3.63) is 41.6 Å². The molecule has 0 amide bonds. The molecule has 3 heteroatoms. The molecule has 0 bridgehead atoms. The van der Waals surface area contributed by atoms with E-state index < -0.39 is 0 Å². The van der Waals surface area contributed by atoms with Crippen LogP contribution in [0, 0.1) is 13.8 Å². The fourth-order valence-electron chi connectivity index (χ4n) is 3.16. The molecule has 1 aliphatic rings. The van der Waals surface area contributed by atoms with Crippen molar-refractivity contribution in [2.24, 2.45) is 4.99 Å². The molecule has 2 rings (SSSR count). The maximum atomic E-state index is 4.91. The van der Waals surface area contributed by atoms with E-state index in [4.69, 9.17) is 4.99 Å². The quantitative estimate of drug-likeness (QED) is 0.833. The number of aryl methyl sites for hydroxylation is 2. The average molecular weight is 299 g/mol. The Morgan fingerprint density at radius 1 is 1.41 bits per heavy atom. The third-order valence-electron chi connectivity index (χ3n) is 4.69. The van der Waals surface area contributed by atoms with Gasteiger partial charge in [0.05, 0.1) is 11.7 Å². The van der Waals surface area contributed by atoms with E-state index in [-0.39, 0.29) is 0 Å². The minimum atomic E-state index is 0.300. The molecule has 0 radical (unpaired) electrons. The second kappa shape index (κ2) is 7.10. The third-order valence-corrected chi connectivity index (χ3v) is 4.69. The van der Waals surface area contributed by atoms with E-state index in [2.05, 4.69) is 62.7 Å². The fraction of sp³-hybridized carbons (Fsp3) is 0.526. The number of likely N-dealkylation sites (N-methyl/N-ethyl adjacent to an activating group) is 1. The van der Waals surface area contributed by atoms with Crippen molar-refractivity contribution in [2.45, 2.75) is 52.6 Å². The molecule has 0 aromatic heterocycles. The summed E-state index contributed by atoms with van der Waals surface area (Å²) in [6.45, 7) is 13.9. The molecule has 0 spiro atoms. The second-order valence-corrected chi connectivity index (χ2v) is 6.40. The highest BCUT2D eigenvalue weighted by Gasteiger charge is 2.29. The smallest absolute Gasteiger partial charge is 0.0670 e. The Morgan fingerprint density at radius 3 is 2.77 bits per heavy atom. The lowest BCUT2D eigenvalue weighted by Crippen LogP contribution is -2.40. The third kappa shape index (κ3) is 3.58. The zero-order chi connectivity index (χ0) is 16.3. The Bertz CT molecular complexity index is 574. The van der Waals surface area contributed by atoms with Gasteiger partial charge in [0.2, 0.25) is 0 Å². The first-order valence-corrected chi connectivity index (χ1v) is 8.19. The first kappa shape index (κ1) is 16.8. The molecule has 1 saturated heterocycles. The van der Waals surface area contributed by atoms with Gasteiger partial charge in [0.25, 0.3) is 0 Å². The molecular formula is C19H29N3. The van der Waals surface area contributed by atoms with Gasteiger partial charge < -0.3 is 10.2 Å². The first-order valence-electron chi connectivity index (χ1n) is 8.19. The molecule has 120 valence electrons. The number of rotatable bonds is 5. The van der Waals surface area contributed by atoms with Crippen molar-refractivity contribution in [3.8, 4) is 0 Å². The molecule has 1 N–H and O–H groups in total. The lowest BCUT2D eigenvalue weighted by Gasteiger charge is -2.31. The number of nitrogens with one attached hydrogen (secondary N) is 1. The molecule has 0 saturated carbocycles. The summed E-state index contributed by atoms with van der Waals surface area (Å²) in [6.07, 6.45) is 2.37. The van der Waals surface area contributed by atoms with Crippen LogP contribution in [0.3, 0.4) is 0 Å². The lowest BCUT2D eigenvalue weighted by molar-refractivity contribution is 0.349. The Morgan fingerprint density at radius 2 is 2.14 bits per heavy atom. The molecule has 3 nitrogen and oxygen atoms in total. The van der Waals surface area contributed by atoms with Gasteiger partial charge in [-0.05, 0) is 59.2 Å². The highest BCUT2D eigenvalue weighted by Crippen LogP contribution is 2.27. The van der Waals surface area contributed by atoms with Crippen molar-refractivity contribution in [2.75, 3.05) is 13.6 Å². The summed E-state index contributed by atoms with van der Waals surface area (Å²) in [4.78, 5) is 7.33. The monoisotopic (exact) mass is 299 g/mol. The van der Waals surface area contributed by atoms with Crippen molar-refractivity contribution < 1.29 is 0 Å². The lowest BCUT2D eigenvalue weighted by atomic mass is 10.1. The molecule has 1 aliphatic heterocycles. The van der Waals surface area contributed by atoms with Gasteiger partial charge in [-0.15, -0.1) is 0 Å². The first-order chi connectivity index (χ1) is 10.4. The Kier molecular flexibility index (Phi) is 5.41. The minimum absolute atomic E-state index is 0.300. The number of hydrogen-bond donors (Lipinski definition) is 1. The van der Waals surface area contributed by atoms with E-state index in [1.54, 1.807) is 0 Å². The predicted molar refractivity (Wildman–Crippen MR) is 96.1 cm³/mol. The number of benzene rings is 1. The number of hydrogen-bond acceptors (Lipinski definition) is 3. The standard InChI is InChI=1S/C19H29N3/c1-13-9-10-18(14(2)12-13)21-16(4)19-8-7-11-22(19)17(5)15(3)20-6/h9-10,12,15,19-20H,5,7-8,11H2,1-4,6H3/t15?,19-/m0/s1. The van der Waals surface area contributed by atoms with Crippen LogP contribution in [0.25, 0.3) is 0 Å². The summed E-state index contributed by atoms with van der Waals surface area (Å²) >= 11 is 0. The van der Waals surface area contributed by atoms with Gasteiger partial charge in [-0.25, -0.2) is 0 Å². The van der Waals surface area contributed by atoms with E-state index in [1.165, 1.54) is 29.0 Å². The molecule has 1 fully saturated rings. The van der Waals surface area contributed by atoms with E-state index in [0.717, 1.165) is 18.7 Å².